The molecule has 0 aromatic carbocycles. The molecular weight excluding hydrogens is 288 g/mol. The van der Waals surface area contributed by atoms with E-state index in [2.05, 4.69) is 13.8 Å². The van der Waals surface area contributed by atoms with Gasteiger partial charge in [0, 0.05) is 0 Å². The van der Waals surface area contributed by atoms with Gasteiger partial charge in [-0.1, -0.05) is 90.9 Å². The highest BCUT2D eigenvalue weighted by molar-refractivity contribution is 4.58. The normalized spacial score (nSPS) is 14.1. The average Bonchev–Trinajstić information content (AvgIpc) is 2.54. The Morgan fingerprint density at radius 2 is 0.913 bits per heavy atom. The van der Waals surface area contributed by atoms with Gasteiger partial charge in [-0.3, -0.25) is 0 Å². The molecule has 0 saturated carbocycles. The lowest BCUT2D eigenvalue weighted by molar-refractivity contribution is -0.0129. The maximum absolute atomic E-state index is 9.85. The number of ether oxygens (including phenoxy) is 1. The quantitative estimate of drug-likeness (QED) is 0.338. The minimum absolute atomic E-state index is 0.364. The highest BCUT2D eigenvalue weighted by Gasteiger charge is 2.08. The van der Waals surface area contributed by atoms with Crippen molar-refractivity contribution in [3.05, 3.63) is 0 Å². The Bertz CT molecular complexity index is 199. The second-order valence-corrected chi connectivity index (χ2v) is 6.96. The summed E-state index contributed by atoms with van der Waals surface area (Å²) in [4.78, 5) is 0. The first-order valence-electron chi connectivity index (χ1n) is 10.1. The predicted octanol–water partition coefficient (Wildman–Crippen LogP) is 5.23. The monoisotopic (exact) mass is 330 g/mol. The van der Waals surface area contributed by atoms with Crippen LogP contribution in [0.15, 0.2) is 0 Å². The van der Waals surface area contributed by atoms with Gasteiger partial charge < -0.3 is 14.9 Å². The summed E-state index contributed by atoms with van der Waals surface area (Å²) >= 11 is 0. The van der Waals surface area contributed by atoms with Gasteiger partial charge in [0.15, 0.2) is 0 Å². The van der Waals surface area contributed by atoms with E-state index < -0.39 is 0 Å². The van der Waals surface area contributed by atoms with Gasteiger partial charge >= 0.3 is 0 Å². The van der Waals surface area contributed by atoms with Crippen LogP contribution in [0.4, 0.5) is 0 Å². The number of aliphatic hydroxyl groups is 2. The van der Waals surface area contributed by atoms with E-state index in [1.165, 1.54) is 64.2 Å². The van der Waals surface area contributed by atoms with Gasteiger partial charge in [0.05, 0.1) is 25.4 Å². The summed E-state index contributed by atoms with van der Waals surface area (Å²) in [6.45, 7) is 5.18. The van der Waals surface area contributed by atoms with E-state index in [4.69, 9.17) is 4.74 Å². The molecule has 2 atom stereocenters. The molecule has 0 saturated heterocycles. The smallest absolute Gasteiger partial charge is 0.0773 e. The molecule has 2 N–H and O–H groups in total. The summed E-state index contributed by atoms with van der Waals surface area (Å²) in [5.74, 6) is 0. The summed E-state index contributed by atoms with van der Waals surface area (Å²) in [6.07, 6.45) is 15.8. The van der Waals surface area contributed by atoms with Crippen molar-refractivity contribution in [2.75, 3.05) is 13.2 Å². The molecular formula is C20H42O3. The van der Waals surface area contributed by atoms with E-state index in [9.17, 15) is 10.2 Å². The van der Waals surface area contributed by atoms with Gasteiger partial charge in [0.25, 0.3) is 0 Å². The van der Waals surface area contributed by atoms with Gasteiger partial charge in [0.2, 0.25) is 0 Å². The third-order valence-electron chi connectivity index (χ3n) is 4.40. The lowest BCUT2D eigenvalue weighted by atomic mass is 10.1. The Labute approximate surface area is 144 Å². The van der Waals surface area contributed by atoms with Crippen molar-refractivity contribution in [2.45, 2.75) is 116 Å². The average molecular weight is 331 g/mol. The molecule has 0 aliphatic carbocycles. The van der Waals surface area contributed by atoms with Crippen molar-refractivity contribution in [1.29, 1.82) is 0 Å². The van der Waals surface area contributed by atoms with Crippen LogP contribution in [0.25, 0.3) is 0 Å². The van der Waals surface area contributed by atoms with Gasteiger partial charge in [0.1, 0.15) is 0 Å². The van der Waals surface area contributed by atoms with Crippen molar-refractivity contribution in [2.24, 2.45) is 0 Å². The van der Waals surface area contributed by atoms with Crippen LogP contribution in [0.1, 0.15) is 104 Å². The Hall–Kier alpha value is -0.120. The number of hydrogen-bond donors (Lipinski definition) is 2. The van der Waals surface area contributed by atoms with Crippen LogP contribution in [-0.2, 0) is 4.74 Å². The fraction of sp³-hybridized carbons (Fsp3) is 1.00. The minimum Gasteiger partial charge on any atom is -0.391 e. The highest BCUT2D eigenvalue weighted by atomic mass is 16.5. The van der Waals surface area contributed by atoms with Gasteiger partial charge in [-0.05, 0) is 12.8 Å². The summed E-state index contributed by atoms with van der Waals surface area (Å²) in [5, 5.41) is 19.7. The van der Waals surface area contributed by atoms with E-state index in [-0.39, 0.29) is 12.2 Å². The number of rotatable bonds is 18. The molecule has 3 heteroatoms. The van der Waals surface area contributed by atoms with Crippen LogP contribution in [0.3, 0.4) is 0 Å². The van der Waals surface area contributed by atoms with Crippen molar-refractivity contribution in [3.63, 3.8) is 0 Å². The lowest BCUT2D eigenvalue weighted by Crippen LogP contribution is -2.21. The molecule has 0 amide bonds. The fourth-order valence-corrected chi connectivity index (χ4v) is 2.83. The molecule has 0 fully saturated rings. The van der Waals surface area contributed by atoms with E-state index in [1.807, 2.05) is 0 Å². The van der Waals surface area contributed by atoms with Crippen molar-refractivity contribution >= 4 is 0 Å². The molecule has 0 radical (unpaired) electrons. The van der Waals surface area contributed by atoms with E-state index in [0.29, 0.717) is 13.2 Å². The number of aliphatic hydroxyl groups excluding tert-OH is 2. The minimum atomic E-state index is -0.373. The standard InChI is InChI=1S/C20H42O3/c1-3-5-7-9-11-13-15-19(21)17-23-18-20(22)16-14-12-10-8-6-4-2/h19-22H,3-18H2,1-2H3. The van der Waals surface area contributed by atoms with Crippen LogP contribution in [0, 0.1) is 0 Å². The number of hydrogen-bond acceptors (Lipinski definition) is 3. The SMILES string of the molecule is CCCCCCCCC(O)COCC(O)CCCCCCCC. The van der Waals surface area contributed by atoms with Crippen molar-refractivity contribution < 1.29 is 14.9 Å². The zero-order valence-electron chi connectivity index (χ0n) is 15.8. The fourth-order valence-electron chi connectivity index (χ4n) is 2.83. The maximum Gasteiger partial charge on any atom is 0.0773 e. The molecule has 3 nitrogen and oxygen atoms in total. The summed E-state index contributed by atoms with van der Waals surface area (Å²) < 4.78 is 5.45. The first-order valence-corrected chi connectivity index (χ1v) is 10.1. The molecule has 23 heavy (non-hydrogen) atoms. The van der Waals surface area contributed by atoms with Crippen LogP contribution >= 0.6 is 0 Å². The second kappa shape index (κ2) is 18.2. The molecule has 2 unspecified atom stereocenters. The van der Waals surface area contributed by atoms with Crippen molar-refractivity contribution in [1.82, 2.24) is 0 Å². The zero-order valence-corrected chi connectivity index (χ0v) is 15.8. The van der Waals surface area contributed by atoms with Crippen LogP contribution < -0.4 is 0 Å². The van der Waals surface area contributed by atoms with Crippen LogP contribution in [-0.4, -0.2) is 35.6 Å². The molecule has 0 rings (SSSR count). The second-order valence-electron chi connectivity index (χ2n) is 6.96. The molecule has 0 aliphatic rings. The van der Waals surface area contributed by atoms with Gasteiger partial charge in [-0.2, -0.15) is 0 Å². The lowest BCUT2D eigenvalue weighted by Gasteiger charge is -2.14. The molecule has 0 aromatic rings. The van der Waals surface area contributed by atoms with Crippen LogP contribution in [0.5, 0.6) is 0 Å². The number of unbranched alkanes of at least 4 members (excludes halogenated alkanes) is 10. The van der Waals surface area contributed by atoms with Gasteiger partial charge in [-0.25, -0.2) is 0 Å². The predicted molar refractivity (Wildman–Crippen MR) is 98.8 cm³/mol. The van der Waals surface area contributed by atoms with Crippen LogP contribution in [0.2, 0.25) is 0 Å². The summed E-state index contributed by atoms with van der Waals surface area (Å²) in [5.41, 5.74) is 0. The summed E-state index contributed by atoms with van der Waals surface area (Å²) in [6, 6.07) is 0. The largest absolute Gasteiger partial charge is 0.391 e. The Kier molecular flexibility index (Phi) is 18.1. The zero-order chi connectivity index (χ0) is 17.2. The molecule has 0 spiro atoms. The molecule has 0 heterocycles. The molecule has 0 bridgehead atoms. The first kappa shape index (κ1) is 22.9. The highest BCUT2D eigenvalue weighted by Crippen LogP contribution is 2.10. The van der Waals surface area contributed by atoms with E-state index in [1.54, 1.807) is 0 Å². The third-order valence-corrected chi connectivity index (χ3v) is 4.40. The topological polar surface area (TPSA) is 49.7 Å². The molecule has 0 aliphatic heterocycles. The van der Waals surface area contributed by atoms with E-state index >= 15 is 0 Å². The molecule has 0 aromatic heterocycles. The molecule has 140 valence electrons. The van der Waals surface area contributed by atoms with Crippen molar-refractivity contribution in [3.8, 4) is 0 Å². The maximum atomic E-state index is 9.85. The third kappa shape index (κ3) is 18.1. The Morgan fingerprint density at radius 1 is 0.565 bits per heavy atom. The Balaban J connectivity index is 3.30. The Morgan fingerprint density at radius 3 is 1.30 bits per heavy atom. The van der Waals surface area contributed by atoms with E-state index in [0.717, 1.165) is 25.7 Å². The first-order chi connectivity index (χ1) is 11.2. The summed E-state index contributed by atoms with van der Waals surface area (Å²) in [7, 11) is 0. The van der Waals surface area contributed by atoms with Gasteiger partial charge in [-0.15, -0.1) is 0 Å².